The van der Waals surface area contributed by atoms with Gasteiger partial charge in [-0.2, -0.15) is 0 Å². The molecule has 0 unspecified atom stereocenters. The van der Waals surface area contributed by atoms with Crippen LogP contribution in [0.5, 0.6) is 11.5 Å². The summed E-state index contributed by atoms with van der Waals surface area (Å²) in [4.78, 5) is 29.8. The van der Waals surface area contributed by atoms with Crippen molar-refractivity contribution >= 4 is 23.3 Å². The van der Waals surface area contributed by atoms with Gasteiger partial charge in [0.25, 0.3) is 0 Å². The molecule has 1 aliphatic heterocycles. The average Bonchev–Trinajstić information content (AvgIpc) is 3.14. The molecule has 2 heterocycles. The van der Waals surface area contributed by atoms with E-state index in [9.17, 15) is 14.0 Å². The molecule has 0 radical (unpaired) electrons. The number of carbonyl (C=O) groups is 2. The lowest BCUT2D eigenvalue weighted by Gasteiger charge is -2.17. The van der Waals surface area contributed by atoms with Crippen molar-refractivity contribution in [3.05, 3.63) is 77.2 Å². The zero-order valence-corrected chi connectivity index (χ0v) is 16.8. The van der Waals surface area contributed by atoms with Gasteiger partial charge in [-0.1, -0.05) is 18.2 Å². The maximum Gasteiger partial charge on any atom is 0.248 e. The first kappa shape index (κ1) is 20.3. The number of amides is 2. The summed E-state index contributed by atoms with van der Waals surface area (Å²) in [6.45, 7) is 2.24. The van der Waals surface area contributed by atoms with Crippen LogP contribution in [0.3, 0.4) is 0 Å². The summed E-state index contributed by atoms with van der Waals surface area (Å²) in [6, 6.07) is 13.0. The van der Waals surface area contributed by atoms with Gasteiger partial charge in [0.2, 0.25) is 11.8 Å². The first-order valence-corrected chi connectivity index (χ1v) is 9.72. The van der Waals surface area contributed by atoms with Crippen LogP contribution in [0, 0.1) is 12.7 Å². The number of anilines is 2. The summed E-state index contributed by atoms with van der Waals surface area (Å²) in [6.07, 6.45) is 1.72. The summed E-state index contributed by atoms with van der Waals surface area (Å²) in [5, 5.41) is 0. The number of para-hydroxylation sites is 1. The van der Waals surface area contributed by atoms with E-state index < -0.39 is 11.7 Å². The fourth-order valence-electron chi connectivity index (χ4n) is 3.60. The van der Waals surface area contributed by atoms with Crippen molar-refractivity contribution in [3.8, 4) is 11.5 Å². The Morgan fingerprint density at radius 3 is 2.77 bits per heavy atom. The molecular weight excluding hydrogens is 399 g/mol. The minimum absolute atomic E-state index is 0.0284. The fourth-order valence-corrected chi connectivity index (χ4v) is 3.60. The second-order valence-electron chi connectivity index (χ2n) is 7.46. The molecule has 0 saturated carbocycles. The number of halogens is 1. The number of hydrogen-bond acceptors (Lipinski definition) is 5. The lowest BCUT2D eigenvalue weighted by molar-refractivity contribution is -0.117. The lowest BCUT2D eigenvalue weighted by atomic mass is 9.97. The Labute approximate surface area is 178 Å². The van der Waals surface area contributed by atoms with Crippen LogP contribution < -0.4 is 21.1 Å². The third-order valence-corrected chi connectivity index (χ3v) is 5.32. The third kappa shape index (κ3) is 4.05. The topological polar surface area (TPSA) is 112 Å². The Morgan fingerprint density at radius 2 is 2.03 bits per heavy atom. The molecule has 0 bridgehead atoms. The number of nitrogens with two attached hydrogens (primary N) is 2. The number of nitrogens with zero attached hydrogens (tertiary/aromatic N) is 2. The Kier molecular flexibility index (Phi) is 5.29. The van der Waals surface area contributed by atoms with Gasteiger partial charge in [0.15, 0.2) is 11.6 Å². The first-order valence-electron chi connectivity index (χ1n) is 9.72. The Morgan fingerprint density at radius 1 is 1.23 bits per heavy atom. The summed E-state index contributed by atoms with van der Waals surface area (Å²) in [7, 11) is 0. The molecule has 1 saturated heterocycles. The number of pyridine rings is 1. The van der Waals surface area contributed by atoms with E-state index in [4.69, 9.17) is 16.2 Å². The number of nitrogen functional groups attached to an aromatic ring is 1. The normalized spacial score (nSPS) is 15.9. The summed E-state index contributed by atoms with van der Waals surface area (Å²) < 4.78 is 19.9. The Balaban J connectivity index is 1.59. The summed E-state index contributed by atoms with van der Waals surface area (Å²) >= 11 is 0. The quantitative estimate of drug-likeness (QED) is 0.614. The number of ether oxygens (including phenoxy) is 1. The molecule has 2 aromatic carbocycles. The van der Waals surface area contributed by atoms with Gasteiger partial charge in [0.1, 0.15) is 11.6 Å². The molecule has 4 N–H and O–H groups in total. The second kappa shape index (κ2) is 8.06. The van der Waals surface area contributed by atoms with Crippen molar-refractivity contribution in [3.63, 3.8) is 0 Å². The van der Waals surface area contributed by atoms with Gasteiger partial charge >= 0.3 is 0 Å². The van der Waals surface area contributed by atoms with Gasteiger partial charge in [-0.15, -0.1) is 0 Å². The molecule has 31 heavy (non-hydrogen) atoms. The standard InChI is InChI=1S/C23H21FN4O3/c1-13-5-6-14(9-19(13)31-22-17(24)3-2-4-18(22)25)16-11-21(29)28(12-16)20-10-15(23(26)30)7-8-27-20/h2-10,16H,11-12,25H2,1H3,(H2,26,30)/t16-/m0/s1. The lowest BCUT2D eigenvalue weighted by Crippen LogP contribution is -2.26. The van der Waals surface area contributed by atoms with Gasteiger partial charge in [-0.25, -0.2) is 9.37 Å². The highest BCUT2D eigenvalue weighted by molar-refractivity contribution is 5.98. The van der Waals surface area contributed by atoms with E-state index in [1.165, 1.54) is 35.4 Å². The highest BCUT2D eigenvalue weighted by Gasteiger charge is 2.33. The molecule has 1 aliphatic rings. The van der Waals surface area contributed by atoms with Crippen LogP contribution in [-0.2, 0) is 4.79 Å². The van der Waals surface area contributed by atoms with E-state index in [-0.39, 0.29) is 35.2 Å². The van der Waals surface area contributed by atoms with E-state index in [0.29, 0.717) is 18.1 Å². The minimum atomic E-state index is -0.584. The van der Waals surface area contributed by atoms with E-state index in [0.717, 1.165) is 11.1 Å². The predicted molar refractivity (Wildman–Crippen MR) is 115 cm³/mol. The van der Waals surface area contributed by atoms with Gasteiger partial charge in [0.05, 0.1) is 5.69 Å². The van der Waals surface area contributed by atoms with Crippen molar-refractivity contribution < 1.29 is 18.7 Å². The molecule has 3 aromatic rings. The monoisotopic (exact) mass is 420 g/mol. The average molecular weight is 420 g/mol. The van der Waals surface area contributed by atoms with Crippen molar-refractivity contribution in [1.29, 1.82) is 0 Å². The number of aromatic nitrogens is 1. The molecule has 0 spiro atoms. The maximum atomic E-state index is 14.2. The largest absolute Gasteiger partial charge is 0.452 e. The number of carbonyl (C=O) groups excluding carboxylic acids is 2. The van der Waals surface area contributed by atoms with Gasteiger partial charge in [0, 0.05) is 30.6 Å². The van der Waals surface area contributed by atoms with Crippen LogP contribution in [0.4, 0.5) is 15.9 Å². The van der Waals surface area contributed by atoms with E-state index in [2.05, 4.69) is 4.98 Å². The van der Waals surface area contributed by atoms with Crippen molar-refractivity contribution in [2.45, 2.75) is 19.3 Å². The SMILES string of the molecule is Cc1ccc([C@H]2CC(=O)N(c3cc(C(N)=O)ccn3)C2)cc1Oc1c(N)cccc1F. The predicted octanol–water partition coefficient (Wildman–Crippen LogP) is 3.52. The van der Waals surface area contributed by atoms with Crippen LogP contribution in [0.1, 0.15) is 33.8 Å². The Bertz CT molecular complexity index is 1160. The molecule has 8 heteroatoms. The van der Waals surface area contributed by atoms with Crippen LogP contribution in [0.15, 0.2) is 54.7 Å². The molecule has 4 rings (SSSR count). The van der Waals surface area contributed by atoms with Gasteiger partial charge in [-0.05, 0) is 48.4 Å². The molecule has 158 valence electrons. The van der Waals surface area contributed by atoms with Crippen LogP contribution in [-0.4, -0.2) is 23.3 Å². The number of rotatable bonds is 5. The molecule has 7 nitrogen and oxygen atoms in total. The minimum Gasteiger partial charge on any atom is -0.452 e. The maximum absolute atomic E-state index is 14.2. The van der Waals surface area contributed by atoms with Crippen LogP contribution in [0.2, 0.25) is 0 Å². The molecule has 2 amide bonds. The zero-order valence-electron chi connectivity index (χ0n) is 16.8. The highest BCUT2D eigenvalue weighted by atomic mass is 19.1. The number of benzene rings is 2. The number of aryl methyl sites for hydroxylation is 1. The van der Waals surface area contributed by atoms with Crippen molar-refractivity contribution in [2.24, 2.45) is 5.73 Å². The fraction of sp³-hybridized carbons (Fsp3) is 0.174. The Hall–Kier alpha value is -3.94. The van der Waals surface area contributed by atoms with E-state index in [1.54, 1.807) is 12.1 Å². The second-order valence-corrected chi connectivity index (χ2v) is 7.46. The molecular formula is C23H21FN4O3. The number of primary amides is 1. The van der Waals surface area contributed by atoms with Crippen molar-refractivity contribution in [2.75, 3.05) is 17.2 Å². The molecule has 1 aromatic heterocycles. The smallest absolute Gasteiger partial charge is 0.248 e. The van der Waals surface area contributed by atoms with Gasteiger partial charge in [-0.3, -0.25) is 14.5 Å². The van der Waals surface area contributed by atoms with Crippen molar-refractivity contribution in [1.82, 2.24) is 4.98 Å². The molecule has 0 aliphatic carbocycles. The molecule has 1 fully saturated rings. The van der Waals surface area contributed by atoms with E-state index in [1.807, 2.05) is 19.1 Å². The summed E-state index contributed by atoms with van der Waals surface area (Å²) in [5.74, 6) is -0.542. The summed E-state index contributed by atoms with van der Waals surface area (Å²) in [5.41, 5.74) is 13.4. The third-order valence-electron chi connectivity index (χ3n) is 5.32. The molecule has 1 atom stereocenters. The first-order chi connectivity index (χ1) is 14.8. The zero-order chi connectivity index (χ0) is 22.1. The van der Waals surface area contributed by atoms with Crippen LogP contribution >= 0.6 is 0 Å². The number of hydrogen-bond donors (Lipinski definition) is 2. The highest BCUT2D eigenvalue weighted by Crippen LogP contribution is 2.36. The van der Waals surface area contributed by atoms with Crippen LogP contribution in [0.25, 0.3) is 0 Å². The van der Waals surface area contributed by atoms with E-state index >= 15 is 0 Å². The van der Waals surface area contributed by atoms with Gasteiger partial charge < -0.3 is 16.2 Å².